The van der Waals surface area contributed by atoms with Crippen LogP contribution in [0.3, 0.4) is 0 Å². The van der Waals surface area contributed by atoms with Gasteiger partial charge in [0.15, 0.2) is 5.96 Å². The minimum atomic E-state index is 0. The molecule has 6 nitrogen and oxygen atoms in total. The Morgan fingerprint density at radius 3 is 2.61 bits per heavy atom. The molecule has 7 heteroatoms. The first-order chi connectivity index (χ1) is 14.6. The van der Waals surface area contributed by atoms with E-state index in [0.29, 0.717) is 12.6 Å². The first-order valence-corrected chi connectivity index (χ1v) is 10.8. The van der Waals surface area contributed by atoms with Crippen LogP contribution in [0.1, 0.15) is 35.4 Å². The van der Waals surface area contributed by atoms with Crippen molar-refractivity contribution in [3.05, 3.63) is 71.2 Å². The summed E-state index contributed by atoms with van der Waals surface area (Å²) in [6, 6.07) is 15.5. The predicted octanol–water partition coefficient (Wildman–Crippen LogP) is 3.90. The number of hydrogen-bond acceptors (Lipinski definition) is 3. The zero-order valence-corrected chi connectivity index (χ0v) is 21.0. The number of fused-ring (bicyclic) bond motifs is 1. The highest BCUT2D eigenvalue weighted by Gasteiger charge is 2.20. The van der Waals surface area contributed by atoms with Crippen LogP contribution in [-0.4, -0.2) is 46.4 Å². The van der Waals surface area contributed by atoms with Crippen LogP contribution in [0.2, 0.25) is 0 Å². The van der Waals surface area contributed by atoms with Crippen LogP contribution in [0.25, 0.3) is 5.65 Å². The number of nitrogens with one attached hydrogen (secondary N) is 2. The summed E-state index contributed by atoms with van der Waals surface area (Å²) in [6.45, 7) is 8.16. The van der Waals surface area contributed by atoms with Gasteiger partial charge in [-0.3, -0.25) is 9.89 Å². The van der Waals surface area contributed by atoms with Crippen LogP contribution < -0.4 is 10.6 Å². The number of piperidine rings is 1. The summed E-state index contributed by atoms with van der Waals surface area (Å²) in [5, 5.41) is 7.01. The van der Waals surface area contributed by atoms with E-state index < -0.39 is 0 Å². The maximum absolute atomic E-state index is 4.69. The average molecular weight is 532 g/mol. The number of hydrogen-bond donors (Lipinski definition) is 2. The molecule has 0 radical (unpaired) electrons. The van der Waals surface area contributed by atoms with Crippen molar-refractivity contribution in [1.29, 1.82) is 0 Å². The number of likely N-dealkylation sites (tertiary alicyclic amines) is 1. The van der Waals surface area contributed by atoms with Crippen LogP contribution in [-0.2, 0) is 13.1 Å². The smallest absolute Gasteiger partial charge is 0.191 e. The Bertz CT molecular complexity index is 1020. The fourth-order valence-corrected chi connectivity index (χ4v) is 4.15. The Morgan fingerprint density at radius 1 is 1.13 bits per heavy atom. The molecule has 31 heavy (non-hydrogen) atoms. The van der Waals surface area contributed by atoms with Crippen molar-refractivity contribution >= 4 is 35.6 Å². The van der Waals surface area contributed by atoms with Gasteiger partial charge in [0.2, 0.25) is 0 Å². The van der Waals surface area contributed by atoms with Crippen molar-refractivity contribution in [2.75, 3.05) is 20.1 Å². The van der Waals surface area contributed by atoms with Crippen LogP contribution in [0.15, 0.2) is 53.7 Å². The molecule has 0 aliphatic carbocycles. The molecule has 3 aromatic rings. The monoisotopic (exact) mass is 532 g/mol. The Kier molecular flexibility index (Phi) is 8.31. The number of pyridine rings is 1. The van der Waals surface area contributed by atoms with E-state index in [1.54, 1.807) is 0 Å². The molecule has 1 aliphatic heterocycles. The van der Waals surface area contributed by atoms with Crippen molar-refractivity contribution in [2.24, 2.45) is 4.99 Å². The van der Waals surface area contributed by atoms with Gasteiger partial charge in [-0.05, 0) is 44.4 Å². The second-order valence-corrected chi connectivity index (χ2v) is 8.24. The lowest BCUT2D eigenvalue weighted by Gasteiger charge is -2.33. The molecule has 0 saturated carbocycles. The summed E-state index contributed by atoms with van der Waals surface area (Å²) >= 11 is 0. The Hall–Kier alpha value is -2.13. The molecule has 1 fully saturated rings. The van der Waals surface area contributed by atoms with E-state index in [-0.39, 0.29) is 24.0 Å². The molecule has 0 spiro atoms. The predicted molar refractivity (Wildman–Crippen MR) is 138 cm³/mol. The van der Waals surface area contributed by atoms with Gasteiger partial charge < -0.3 is 15.0 Å². The molecule has 0 bridgehead atoms. The molecule has 166 valence electrons. The van der Waals surface area contributed by atoms with E-state index in [0.717, 1.165) is 49.8 Å². The van der Waals surface area contributed by atoms with Gasteiger partial charge in [-0.25, -0.2) is 4.98 Å². The molecule has 1 saturated heterocycles. The van der Waals surface area contributed by atoms with E-state index in [4.69, 9.17) is 4.98 Å². The number of imidazole rings is 1. The van der Waals surface area contributed by atoms with Crippen LogP contribution in [0.5, 0.6) is 0 Å². The number of benzene rings is 1. The summed E-state index contributed by atoms with van der Waals surface area (Å²) < 4.78 is 2.12. The molecule has 0 unspecified atom stereocenters. The minimum Gasteiger partial charge on any atom is -0.354 e. The average Bonchev–Trinajstić information content (AvgIpc) is 3.17. The van der Waals surface area contributed by atoms with Gasteiger partial charge in [0.1, 0.15) is 5.65 Å². The Morgan fingerprint density at radius 2 is 1.90 bits per heavy atom. The molecule has 0 atom stereocenters. The quantitative estimate of drug-likeness (QED) is 0.298. The summed E-state index contributed by atoms with van der Waals surface area (Å²) in [7, 11) is 1.83. The second-order valence-electron chi connectivity index (χ2n) is 8.24. The molecular formula is C24H33IN6. The number of guanidine groups is 1. The highest BCUT2D eigenvalue weighted by Crippen LogP contribution is 2.15. The molecule has 4 rings (SSSR count). The van der Waals surface area contributed by atoms with Gasteiger partial charge in [-0.1, -0.05) is 35.9 Å². The highest BCUT2D eigenvalue weighted by atomic mass is 127. The van der Waals surface area contributed by atoms with E-state index in [2.05, 4.69) is 75.3 Å². The molecule has 1 aromatic carbocycles. The first kappa shape index (κ1) is 23.5. The van der Waals surface area contributed by atoms with Crippen molar-refractivity contribution in [1.82, 2.24) is 24.9 Å². The fourth-order valence-electron chi connectivity index (χ4n) is 4.15. The topological polar surface area (TPSA) is 57.0 Å². The molecule has 0 amide bonds. The van der Waals surface area contributed by atoms with Gasteiger partial charge in [-0.2, -0.15) is 0 Å². The lowest BCUT2D eigenvalue weighted by atomic mass is 10.0. The van der Waals surface area contributed by atoms with Gasteiger partial charge >= 0.3 is 0 Å². The number of rotatable bonds is 5. The van der Waals surface area contributed by atoms with Gasteiger partial charge in [0.25, 0.3) is 0 Å². The second kappa shape index (κ2) is 10.9. The maximum Gasteiger partial charge on any atom is 0.191 e. The van der Waals surface area contributed by atoms with Crippen LogP contribution >= 0.6 is 24.0 Å². The van der Waals surface area contributed by atoms with Gasteiger partial charge in [0, 0.05) is 44.6 Å². The minimum absolute atomic E-state index is 0. The Labute approximate surface area is 202 Å². The SMILES string of the molecule is CN=C(NCc1cn2c(C)cccc2n1)NC1CCN(Cc2cccc(C)c2)CC1.I. The van der Waals surface area contributed by atoms with E-state index in [1.807, 2.05) is 19.2 Å². The largest absolute Gasteiger partial charge is 0.354 e. The summed E-state index contributed by atoms with van der Waals surface area (Å²) in [6.07, 6.45) is 4.34. The molecule has 1 aliphatic rings. The van der Waals surface area contributed by atoms with E-state index in [9.17, 15) is 0 Å². The van der Waals surface area contributed by atoms with E-state index in [1.165, 1.54) is 16.8 Å². The van der Waals surface area contributed by atoms with Crippen LogP contribution in [0, 0.1) is 13.8 Å². The lowest BCUT2D eigenvalue weighted by Crippen LogP contribution is -2.48. The number of aliphatic imine (C=N–C) groups is 1. The number of aryl methyl sites for hydroxylation is 2. The Balaban J connectivity index is 0.00000272. The molecule has 3 heterocycles. The van der Waals surface area contributed by atoms with Gasteiger partial charge in [0.05, 0.1) is 12.2 Å². The fraction of sp³-hybridized carbons (Fsp3) is 0.417. The summed E-state index contributed by atoms with van der Waals surface area (Å²) in [4.78, 5) is 11.6. The van der Waals surface area contributed by atoms with Crippen molar-refractivity contribution in [2.45, 2.75) is 45.8 Å². The third kappa shape index (κ3) is 6.20. The van der Waals surface area contributed by atoms with Crippen LogP contribution in [0.4, 0.5) is 0 Å². The maximum atomic E-state index is 4.69. The number of halogens is 1. The van der Waals surface area contributed by atoms with Crippen molar-refractivity contribution in [3.63, 3.8) is 0 Å². The zero-order valence-electron chi connectivity index (χ0n) is 18.6. The summed E-state index contributed by atoms with van der Waals surface area (Å²) in [5.41, 5.74) is 5.92. The van der Waals surface area contributed by atoms with Crippen molar-refractivity contribution in [3.8, 4) is 0 Å². The molecule has 2 N–H and O–H groups in total. The van der Waals surface area contributed by atoms with Gasteiger partial charge in [-0.15, -0.1) is 24.0 Å². The summed E-state index contributed by atoms with van der Waals surface area (Å²) in [5.74, 6) is 0.848. The third-order valence-electron chi connectivity index (χ3n) is 5.82. The lowest BCUT2D eigenvalue weighted by molar-refractivity contribution is 0.198. The number of aromatic nitrogens is 2. The zero-order chi connectivity index (χ0) is 20.9. The van der Waals surface area contributed by atoms with E-state index >= 15 is 0 Å². The molecule has 2 aromatic heterocycles. The molecular weight excluding hydrogens is 499 g/mol. The normalized spacial score (nSPS) is 15.6. The van der Waals surface area contributed by atoms with Crippen molar-refractivity contribution < 1.29 is 0 Å². The standard InChI is InChI=1S/C24H32N6.HI/c1-18-6-4-8-20(14-18)16-29-12-10-21(11-13-29)28-24(25-3)26-15-22-17-30-19(2)7-5-9-23(30)27-22;/h4-9,14,17,21H,10-13,15-16H2,1-3H3,(H2,25,26,28);1H. The number of nitrogens with zero attached hydrogens (tertiary/aromatic N) is 4. The third-order valence-corrected chi connectivity index (χ3v) is 5.82. The highest BCUT2D eigenvalue weighted by molar-refractivity contribution is 14.0. The first-order valence-electron chi connectivity index (χ1n) is 10.8.